The topological polar surface area (TPSA) is 75.3 Å². The lowest BCUT2D eigenvalue weighted by atomic mass is 10.1. The van der Waals surface area contributed by atoms with Crippen molar-refractivity contribution in [2.75, 3.05) is 5.32 Å². The molecule has 0 heterocycles. The number of benzene rings is 2. The average Bonchev–Trinajstić information content (AvgIpc) is 2.90. The van der Waals surface area contributed by atoms with Crippen LogP contribution in [0.1, 0.15) is 18.1 Å². The number of hydrogen-bond acceptors (Lipinski definition) is 3. The number of fused-ring (bicyclic) bond motifs is 1. The number of sulfonamides is 1. The van der Waals surface area contributed by atoms with Gasteiger partial charge in [0.2, 0.25) is 15.9 Å². The van der Waals surface area contributed by atoms with Gasteiger partial charge in [-0.1, -0.05) is 35.9 Å². The van der Waals surface area contributed by atoms with Crippen molar-refractivity contribution < 1.29 is 13.2 Å². The van der Waals surface area contributed by atoms with E-state index in [0.717, 1.165) is 0 Å². The van der Waals surface area contributed by atoms with Crippen LogP contribution in [-0.2, 0) is 27.7 Å². The highest BCUT2D eigenvalue weighted by Gasteiger charge is 2.26. The minimum atomic E-state index is -3.68. The van der Waals surface area contributed by atoms with Crippen LogP contribution < -0.4 is 10.0 Å². The van der Waals surface area contributed by atoms with Crippen molar-refractivity contribution in [3.8, 4) is 0 Å². The summed E-state index contributed by atoms with van der Waals surface area (Å²) >= 11 is 6.06. The lowest BCUT2D eigenvalue weighted by Crippen LogP contribution is -2.35. The van der Waals surface area contributed by atoms with Crippen molar-refractivity contribution in [3.63, 3.8) is 0 Å². The Hall–Kier alpha value is -1.89. The predicted molar refractivity (Wildman–Crippen MR) is 93.7 cm³/mol. The summed E-state index contributed by atoms with van der Waals surface area (Å²) < 4.78 is 27.9. The van der Waals surface area contributed by atoms with E-state index in [9.17, 15) is 13.2 Å². The van der Waals surface area contributed by atoms with Crippen molar-refractivity contribution in [2.24, 2.45) is 0 Å². The standard InChI is InChI=1S/C17H17ClN2O3S/c1-11(21)19-17-7-6-15(10-16(17)18)24(22,23)20-14-8-12-4-2-3-5-13(12)9-14/h2-7,10,14,20H,8-9H2,1H3,(H,19,21). The molecule has 1 aliphatic carbocycles. The molecule has 0 saturated carbocycles. The number of hydrogen-bond donors (Lipinski definition) is 2. The summed E-state index contributed by atoms with van der Waals surface area (Å²) in [5, 5.41) is 2.73. The molecular weight excluding hydrogens is 348 g/mol. The molecule has 7 heteroatoms. The van der Waals surface area contributed by atoms with Crippen LogP contribution in [-0.4, -0.2) is 20.4 Å². The van der Waals surface area contributed by atoms with Gasteiger partial charge in [0.1, 0.15) is 0 Å². The number of carbonyl (C=O) groups is 1. The van der Waals surface area contributed by atoms with Crippen LogP contribution in [0.15, 0.2) is 47.4 Å². The zero-order valence-electron chi connectivity index (χ0n) is 13.0. The van der Waals surface area contributed by atoms with E-state index in [0.29, 0.717) is 18.5 Å². The van der Waals surface area contributed by atoms with Gasteiger partial charge in [-0.15, -0.1) is 0 Å². The highest BCUT2D eigenvalue weighted by atomic mass is 35.5. The van der Waals surface area contributed by atoms with Crippen molar-refractivity contribution >= 4 is 33.2 Å². The summed E-state index contributed by atoms with van der Waals surface area (Å²) in [5.74, 6) is -0.269. The second kappa shape index (κ2) is 6.55. The molecule has 0 spiro atoms. The molecule has 0 aliphatic heterocycles. The highest BCUT2D eigenvalue weighted by Crippen LogP contribution is 2.27. The molecule has 2 N–H and O–H groups in total. The molecule has 0 atom stereocenters. The van der Waals surface area contributed by atoms with Gasteiger partial charge in [-0.3, -0.25) is 4.79 Å². The van der Waals surface area contributed by atoms with Crippen LogP contribution in [0.3, 0.4) is 0 Å². The van der Waals surface area contributed by atoms with Gasteiger partial charge in [0.25, 0.3) is 0 Å². The maximum atomic E-state index is 12.6. The van der Waals surface area contributed by atoms with Crippen LogP contribution >= 0.6 is 11.6 Å². The average molecular weight is 365 g/mol. The first-order valence-corrected chi connectivity index (χ1v) is 9.37. The van der Waals surface area contributed by atoms with E-state index < -0.39 is 10.0 Å². The number of amides is 1. The fourth-order valence-electron chi connectivity index (χ4n) is 2.88. The molecule has 0 saturated heterocycles. The largest absolute Gasteiger partial charge is 0.325 e. The van der Waals surface area contributed by atoms with Crippen LogP contribution in [0, 0.1) is 0 Å². The summed E-state index contributed by atoms with van der Waals surface area (Å²) in [7, 11) is -3.68. The summed E-state index contributed by atoms with van der Waals surface area (Å²) in [6.07, 6.45) is 1.35. The van der Waals surface area contributed by atoms with Crippen molar-refractivity contribution in [2.45, 2.75) is 30.7 Å². The number of rotatable bonds is 4. The van der Waals surface area contributed by atoms with E-state index in [4.69, 9.17) is 11.6 Å². The molecule has 2 aromatic carbocycles. The highest BCUT2D eigenvalue weighted by molar-refractivity contribution is 7.89. The Labute approximate surface area is 146 Å². The lowest BCUT2D eigenvalue weighted by Gasteiger charge is -2.14. The predicted octanol–water partition coefficient (Wildman–Crippen LogP) is 2.74. The van der Waals surface area contributed by atoms with Crippen molar-refractivity contribution in [1.29, 1.82) is 0 Å². The van der Waals surface area contributed by atoms with Gasteiger partial charge >= 0.3 is 0 Å². The fraction of sp³-hybridized carbons (Fsp3) is 0.235. The zero-order valence-corrected chi connectivity index (χ0v) is 14.6. The fourth-order valence-corrected chi connectivity index (χ4v) is 4.44. The van der Waals surface area contributed by atoms with Crippen LogP contribution in [0.4, 0.5) is 5.69 Å². The first-order chi connectivity index (χ1) is 11.3. The third-order valence-corrected chi connectivity index (χ3v) is 5.77. The minimum Gasteiger partial charge on any atom is -0.325 e. The number of nitrogens with one attached hydrogen (secondary N) is 2. The minimum absolute atomic E-state index is 0.0811. The van der Waals surface area contributed by atoms with E-state index in [1.54, 1.807) is 0 Å². The number of carbonyl (C=O) groups excluding carboxylic acids is 1. The summed E-state index contributed by atoms with van der Waals surface area (Å²) in [5.41, 5.74) is 2.73. The Morgan fingerprint density at radius 1 is 1.12 bits per heavy atom. The van der Waals surface area contributed by atoms with Crippen molar-refractivity contribution in [3.05, 3.63) is 58.6 Å². The molecule has 0 bridgehead atoms. The Balaban J connectivity index is 1.77. The smallest absolute Gasteiger partial charge is 0.240 e. The maximum absolute atomic E-state index is 12.6. The van der Waals surface area contributed by atoms with Crippen molar-refractivity contribution in [1.82, 2.24) is 4.72 Å². The van der Waals surface area contributed by atoms with Gasteiger partial charge in [-0.05, 0) is 42.2 Å². The summed E-state index contributed by atoms with van der Waals surface area (Å²) in [6, 6.07) is 12.0. The normalized spacial score (nSPS) is 14.4. The molecular formula is C17H17ClN2O3S. The molecule has 126 valence electrons. The third-order valence-electron chi connectivity index (χ3n) is 3.93. The first kappa shape index (κ1) is 17.0. The molecule has 3 rings (SSSR count). The van der Waals surface area contributed by atoms with E-state index in [1.165, 1.54) is 36.2 Å². The van der Waals surface area contributed by atoms with E-state index in [1.807, 2.05) is 24.3 Å². The SMILES string of the molecule is CC(=O)Nc1ccc(S(=O)(=O)NC2Cc3ccccc3C2)cc1Cl. The Morgan fingerprint density at radius 3 is 2.29 bits per heavy atom. The molecule has 1 amide bonds. The summed E-state index contributed by atoms with van der Waals surface area (Å²) in [6.45, 7) is 1.36. The Morgan fingerprint density at radius 2 is 1.75 bits per heavy atom. The number of anilines is 1. The van der Waals surface area contributed by atoms with Gasteiger partial charge in [-0.2, -0.15) is 0 Å². The van der Waals surface area contributed by atoms with Gasteiger partial charge in [0.15, 0.2) is 0 Å². The summed E-state index contributed by atoms with van der Waals surface area (Å²) in [4.78, 5) is 11.2. The van der Waals surface area contributed by atoms with Crippen LogP contribution in [0.5, 0.6) is 0 Å². The molecule has 0 unspecified atom stereocenters. The van der Waals surface area contributed by atoms with E-state index >= 15 is 0 Å². The van der Waals surface area contributed by atoms with E-state index in [2.05, 4.69) is 10.0 Å². The van der Waals surface area contributed by atoms with Gasteiger partial charge in [0, 0.05) is 13.0 Å². The molecule has 0 aromatic heterocycles. The maximum Gasteiger partial charge on any atom is 0.240 e. The van der Waals surface area contributed by atoms with Gasteiger partial charge < -0.3 is 5.32 Å². The molecule has 0 fully saturated rings. The monoisotopic (exact) mass is 364 g/mol. The molecule has 1 aliphatic rings. The van der Waals surface area contributed by atoms with Gasteiger partial charge in [-0.25, -0.2) is 13.1 Å². The first-order valence-electron chi connectivity index (χ1n) is 7.51. The molecule has 0 radical (unpaired) electrons. The van der Waals surface area contributed by atoms with Crippen LogP contribution in [0.2, 0.25) is 5.02 Å². The molecule has 24 heavy (non-hydrogen) atoms. The van der Waals surface area contributed by atoms with Crippen LogP contribution in [0.25, 0.3) is 0 Å². The second-order valence-electron chi connectivity index (χ2n) is 5.82. The lowest BCUT2D eigenvalue weighted by molar-refractivity contribution is -0.114. The quantitative estimate of drug-likeness (QED) is 0.875. The van der Waals surface area contributed by atoms with E-state index in [-0.39, 0.29) is 21.9 Å². The molecule has 5 nitrogen and oxygen atoms in total. The Kier molecular flexibility index (Phi) is 4.62. The zero-order chi connectivity index (χ0) is 17.3. The second-order valence-corrected chi connectivity index (χ2v) is 7.94. The number of halogens is 1. The van der Waals surface area contributed by atoms with Gasteiger partial charge in [0.05, 0.1) is 15.6 Å². The third kappa shape index (κ3) is 3.61. The molecule has 2 aromatic rings. The Bertz CT molecular complexity index is 871.